The third-order valence-corrected chi connectivity index (χ3v) is 11.1. The zero-order valence-corrected chi connectivity index (χ0v) is 17.0. The number of Topliss-reactive ketones (excluding diaryl/α,β-unsaturated/α-hetero) is 1. The summed E-state index contributed by atoms with van der Waals surface area (Å²) in [6.45, 7) is 5.67. The summed E-state index contributed by atoms with van der Waals surface area (Å²) in [5.41, 5.74) is 3.60. The van der Waals surface area contributed by atoms with Crippen LogP contribution >= 0.6 is 0 Å². The Balaban J connectivity index is 1.33. The summed E-state index contributed by atoms with van der Waals surface area (Å²) in [4.78, 5) is 12.4. The second-order valence-electron chi connectivity index (χ2n) is 11.3. The lowest BCUT2D eigenvalue weighted by atomic mass is 9.47. The van der Waals surface area contributed by atoms with Gasteiger partial charge in [0.2, 0.25) is 0 Å². The molecule has 1 spiro atoms. The average molecular weight is 367 g/mol. The Morgan fingerprint density at radius 2 is 1.96 bits per heavy atom. The quantitative estimate of drug-likeness (QED) is 0.640. The minimum atomic E-state index is 0.265. The van der Waals surface area contributed by atoms with Crippen LogP contribution in [0.2, 0.25) is 0 Å². The Bertz CT molecular complexity index is 758. The summed E-state index contributed by atoms with van der Waals surface area (Å²) < 4.78 is 6.73. The Labute approximate surface area is 163 Å². The largest absolute Gasteiger partial charge is 0.374 e. The number of ether oxygens (including phenoxy) is 1. The lowest BCUT2D eigenvalue weighted by Crippen LogP contribution is -2.56. The first-order chi connectivity index (χ1) is 13.1. The van der Waals surface area contributed by atoms with Crippen molar-refractivity contribution in [1.82, 2.24) is 0 Å². The molecule has 0 amide bonds. The lowest BCUT2D eigenvalue weighted by molar-refractivity contribution is -0.161. The van der Waals surface area contributed by atoms with E-state index in [4.69, 9.17) is 4.74 Å². The summed E-state index contributed by atoms with van der Waals surface area (Å²) >= 11 is 0. The van der Waals surface area contributed by atoms with Crippen LogP contribution in [0.5, 0.6) is 0 Å². The molecule has 0 aromatic carbocycles. The van der Waals surface area contributed by atoms with Crippen LogP contribution in [0.1, 0.15) is 71.6 Å². The van der Waals surface area contributed by atoms with Crippen LogP contribution in [0, 0.1) is 52.8 Å². The Morgan fingerprint density at radius 1 is 1.07 bits per heavy atom. The third-order valence-electron chi connectivity index (χ3n) is 11.1. The van der Waals surface area contributed by atoms with Crippen LogP contribution in [-0.4, -0.2) is 18.0 Å². The second-order valence-corrected chi connectivity index (χ2v) is 11.3. The van der Waals surface area contributed by atoms with Gasteiger partial charge in [-0.2, -0.15) is 0 Å². The highest BCUT2D eigenvalue weighted by molar-refractivity contribution is 5.96. The maximum Gasteiger partial charge on any atom is 0.158 e. The number of rotatable bonds is 1. The molecule has 2 heteroatoms. The maximum absolute atomic E-state index is 12.4. The number of fused-ring (bicyclic) bond motifs is 12. The minimum absolute atomic E-state index is 0.265. The van der Waals surface area contributed by atoms with E-state index in [2.05, 4.69) is 13.8 Å². The van der Waals surface area contributed by atoms with Crippen LogP contribution in [0.4, 0.5) is 0 Å². The van der Waals surface area contributed by atoms with Crippen LogP contribution in [0.15, 0.2) is 11.1 Å². The molecule has 5 saturated carbocycles. The molecule has 0 aromatic rings. The molecule has 6 fully saturated rings. The molecule has 146 valence electrons. The van der Waals surface area contributed by atoms with Gasteiger partial charge in [-0.25, -0.2) is 0 Å². The molecule has 0 radical (unpaired) electrons. The van der Waals surface area contributed by atoms with Crippen LogP contribution in [0.3, 0.4) is 0 Å². The van der Waals surface area contributed by atoms with E-state index in [0.717, 1.165) is 66.8 Å². The Morgan fingerprint density at radius 3 is 2.74 bits per heavy atom. The van der Waals surface area contributed by atoms with Gasteiger partial charge in [0.1, 0.15) is 0 Å². The van der Waals surface area contributed by atoms with E-state index in [1.807, 2.05) is 0 Å². The fourth-order valence-electron chi connectivity index (χ4n) is 10.3. The van der Waals surface area contributed by atoms with Crippen molar-refractivity contribution in [2.24, 2.45) is 52.8 Å². The van der Waals surface area contributed by atoms with Gasteiger partial charge in [-0.1, -0.05) is 12.5 Å². The standard InChI is InChI=1S/C25H34O2/c1-3-24-9-7-15-14-5-6-20(26)13(2)21(14)16-11-17(16)22(15)23(24)18-12-19(18)25(24)8-4-10-27-25/h14-19,22-23H,3-12H2,1-2H3/t14-,15?,16-,17+,18-,19+,22?,23?,24+,25+/m1/s1. The number of hydrogen-bond donors (Lipinski definition) is 0. The van der Waals surface area contributed by atoms with Crippen molar-refractivity contribution in [2.45, 2.75) is 77.2 Å². The molecular weight excluding hydrogens is 332 g/mol. The smallest absolute Gasteiger partial charge is 0.158 e. The van der Waals surface area contributed by atoms with Crippen molar-refractivity contribution in [3.05, 3.63) is 11.1 Å². The van der Waals surface area contributed by atoms with E-state index in [1.165, 1.54) is 50.5 Å². The van der Waals surface area contributed by atoms with Gasteiger partial charge in [0, 0.05) is 18.4 Å². The van der Waals surface area contributed by atoms with E-state index in [1.54, 1.807) is 5.57 Å². The summed E-state index contributed by atoms with van der Waals surface area (Å²) in [7, 11) is 0. The molecule has 27 heavy (non-hydrogen) atoms. The molecule has 3 unspecified atom stereocenters. The topological polar surface area (TPSA) is 26.3 Å². The van der Waals surface area contributed by atoms with Crippen molar-refractivity contribution < 1.29 is 9.53 Å². The molecule has 0 aromatic heterocycles. The molecule has 1 saturated heterocycles. The fourth-order valence-corrected chi connectivity index (χ4v) is 10.3. The average Bonchev–Trinajstić information content (AvgIpc) is 3.59. The second kappa shape index (κ2) is 4.91. The van der Waals surface area contributed by atoms with Gasteiger partial charge in [0.05, 0.1) is 5.60 Å². The fraction of sp³-hybridized carbons (Fsp3) is 0.880. The molecule has 0 N–H and O–H groups in total. The van der Waals surface area contributed by atoms with Gasteiger partial charge >= 0.3 is 0 Å². The first-order valence-corrected chi connectivity index (χ1v) is 12.0. The normalized spacial score (nSPS) is 59.9. The van der Waals surface area contributed by atoms with E-state index in [-0.39, 0.29) is 5.60 Å². The molecule has 1 heterocycles. The van der Waals surface area contributed by atoms with Crippen molar-refractivity contribution in [3.8, 4) is 0 Å². The number of ketones is 1. The third kappa shape index (κ3) is 1.66. The monoisotopic (exact) mass is 366 g/mol. The first kappa shape index (κ1) is 16.2. The predicted octanol–water partition coefficient (Wildman–Crippen LogP) is 5.17. The SMILES string of the molecule is CC[C@]12CCC3C(C1[C@@H]1C[C@@H]1[C@@]21CCCO1)[C@H]1C[C@H]1C1=C(C)C(=O)CC[C@@H]13. The van der Waals surface area contributed by atoms with Gasteiger partial charge in [-0.05, 0) is 111 Å². The summed E-state index contributed by atoms with van der Waals surface area (Å²) in [5.74, 6) is 7.57. The zero-order valence-electron chi connectivity index (χ0n) is 17.0. The van der Waals surface area contributed by atoms with Gasteiger partial charge < -0.3 is 4.74 Å². The Kier molecular flexibility index (Phi) is 2.95. The highest BCUT2D eigenvalue weighted by atomic mass is 16.5. The van der Waals surface area contributed by atoms with Crippen molar-refractivity contribution in [3.63, 3.8) is 0 Å². The summed E-state index contributed by atoms with van der Waals surface area (Å²) in [6, 6.07) is 0. The molecule has 6 aliphatic carbocycles. The highest BCUT2D eigenvalue weighted by Crippen LogP contribution is 2.81. The molecule has 7 rings (SSSR count). The molecular formula is C25H34O2. The molecule has 1 aliphatic heterocycles. The van der Waals surface area contributed by atoms with Crippen molar-refractivity contribution in [2.75, 3.05) is 6.61 Å². The van der Waals surface area contributed by atoms with E-state index >= 15 is 0 Å². The molecule has 7 aliphatic rings. The molecule has 10 atom stereocenters. The van der Waals surface area contributed by atoms with E-state index < -0.39 is 0 Å². The lowest BCUT2D eigenvalue weighted by Gasteiger charge is -2.59. The van der Waals surface area contributed by atoms with Crippen molar-refractivity contribution in [1.29, 1.82) is 0 Å². The van der Waals surface area contributed by atoms with Crippen molar-refractivity contribution >= 4 is 5.78 Å². The van der Waals surface area contributed by atoms with Gasteiger partial charge in [-0.15, -0.1) is 0 Å². The summed E-state index contributed by atoms with van der Waals surface area (Å²) in [5, 5.41) is 0. The summed E-state index contributed by atoms with van der Waals surface area (Å²) in [6.07, 6.45) is 11.7. The Hall–Kier alpha value is -0.630. The van der Waals surface area contributed by atoms with Crippen LogP contribution in [0.25, 0.3) is 0 Å². The zero-order chi connectivity index (χ0) is 18.1. The van der Waals surface area contributed by atoms with E-state index in [9.17, 15) is 4.79 Å². The highest BCUT2D eigenvalue weighted by Gasteiger charge is 2.79. The van der Waals surface area contributed by atoms with E-state index in [0.29, 0.717) is 11.2 Å². The predicted molar refractivity (Wildman–Crippen MR) is 104 cm³/mol. The number of carbonyl (C=O) groups excluding carboxylic acids is 1. The maximum atomic E-state index is 12.4. The van der Waals surface area contributed by atoms with Gasteiger partial charge in [-0.3, -0.25) is 4.79 Å². The molecule has 2 nitrogen and oxygen atoms in total. The van der Waals surface area contributed by atoms with Crippen LogP contribution in [-0.2, 0) is 9.53 Å². The van der Waals surface area contributed by atoms with Gasteiger partial charge in [0.25, 0.3) is 0 Å². The number of hydrogen-bond acceptors (Lipinski definition) is 2. The number of allylic oxidation sites excluding steroid dienone is 1. The molecule has 0 bridgehead atoms. The minimum Gasteiger partial charge on any atom is -0.374 e. The van der Waals surface area contributed by atoms with Crippen LogP contribution < -0.4 is 0 Å². The number of carbonyl (C=O) groups is 1. The first-order valence-electron chi connectivity index (χ1n) is 12.0. The van der Waals surface area contributed by atoms with Gasteiger partial charge in [0.15, 0.2) is 5.78 Å².